The van der Waals surface area contributed by atoms with Crippen LogP contribution in [-0.2, 0) is 0 Å². The molecule has 0 fully saturated rings. The highest BCUT2D eigenvalue weighted by Gasteiger charge is 2.37. The lowest BCUT2D eigenvalue weighted by Crippen LogP contribution is -2.53. The molecule has 2 heterocycles. The highest BCUT2D eigenvalue weighted by molar-refractivity contribution is 9.10. The maximum atomic E-state index is 13.7. The third kappa shape index (κ3) is 3.60. The number of halogens is 1. The van der Waals surface area contributed by atoms with Crippen LogP contribution >= 0.6 is 15.9 Å². The second-order valence-electron chi connectivity index (χ2n) is 8.14. The van der Waals surface area contributed by atoms with Crippen LogP contribution in [0.15, 0.2) is 77.3 Å². The molecule has 0 spiro atoms. The molecule has 0 saturated carbocycles. The minimum absolute atomic E-state index is 0.00288. The van der Waals surface area contributed by atoms with E-state index in [0.717, 1.165) is 15.2 Å². The number of phenols is 1. The van der Waals surface area contributed by atoms with E-state index in [0.29, 0.717) is 33.9 Å². The number of anilines is 1. The van der Waals surface area contributed by atoms with E-state index < -0.39 is 18.0 Å². The SMILES string of the molecule is O=C(NN1C(=O)c2cc(Br)ccc2N[C@H]1c1c(O)ccc2ccccc12)c1ccc2c(c1)OCO2. The first kappa shape index (κ1) is 21.3. The molecule has 2 aliphatic heterocycles. The zero-order chi connectivity index (χ0) is 24.1. The number of carbonyl (C=O) groups excluding carboxylic acids is 2. The number of hydrogen-bond acceptors (Lipinski definition) is 6. The van der Waals surface area contributed by atoms with E-state index >= 15 is 0 Å². The average Bonchev–Trinajstić information content (AvgIpc) is 3.34. The van der Waals surface area contributed by atoms with E-state index in [-0.39, 0.29) is 12.5 Å². The first-order valence-electron chi connectivity index (χ1n) is 10.8. The van der Waals surface area contributed by atoms with Crippen LogP contribution in [0.2, 0.25) is 0 Å². The maximum Gasteiger partial charge on any atom is 0.276 e. The van der Waals surface area contributed by atoms with Crippen LogP contribution in [0.4, 0.5) is 5.69 Å². The van der Waals surface area contributed by atoms with E-state index in [1.165, 1.54) is 5.01 Å². The molecule has 8 nitrogen and oxygen atoms in total. The van der Waals surface area contributed by atoms with Gasteiger partial charge in [-0.05, 0) is 53.2 Å². The molecule has 2 amide bonds. The van der Waals surface area contributed by atoms with E-state index in [2.05, 4.69) is 26.7 Å². The number of fused-ring (bicyclic) bond motifs is 3. The number of nitrogens with zero attached hydrogens (tertiary/aromatic N) is 1. The van der Waals surface area contributed by atoms with Crippen molar-refractivity contribution in [2.75, 3.05) is 12.1 Å². The fourth-order valence-electron chi connectivity index (χ4n) is 4.38. The lowest BCUT2D eigenvalue weighted by molar-refractivity contribution is 0.0490. The molecule has 0 saturated heterocycles. The largest absolute Gasteiger partial charge is 0.507 e. The summed E-state index contributed by atoms with van der Waals surface area (Å²) in [5, 5.41) is 17.1. The van der Waals surface area contributed by atoms with Crippen molar-refractivity contribution in [3.8, 4) is 17.2 Å². The van der Waals surface area contributed by atoms with Crippen LogP contribution < -0.4 is 20.2 Å². The molecule has 35 heavy (non-hydrogen) atoms. The molecule has 0 aromatic heterocycles. The van der Waals surface area contributed by atoms with Gasteiger partial charge in [0.1, 0.15) is 5.75 Å². The Labute approximate surface area is 208 Å². The second kappa shape index (κ2) is 8.21. The Kier molecular flexibility index (Phi) is 5.00. The van der Waals surface area contributed by atoms with Gasteiger partial charge in [-0.25, -0.2) is 5.01 Å². The van der Waals surface area contributed by atoms with Gasteiger partial charge < -0.3 is 19.9 Å². The quantitative estimate of drug-likeness (QED) is 0.346. The van der Waals surface area contributed by atoms with Crippen LogP contribution in [-0.4, -0.2) is 28.7 Å². The normalized spacial score (nSPS) is 16.1. The number of hydrazine groups is 1. The number of hydrogen-bond donors (Lipinski definition) is 3. The summed E-state index contributed by atoms with van der Waals surface area (Å²) in [5.74, 6) is 0.0675. The molecule has 6 rings (SSSR count). The van der Waals surface area contributed by atoms with Gasteiger partial charge in [0, 0.05) is 21.3 Å². The molecule has 4 aromatic carbocycles. The number of aromatic hydroxyl groups is 1. The van der Waals surface area contributed by atoms with Gasteiger partial charge in [0.2, 0.25) is 6.79 Å². The third-order valence-corrected chi connectivity index (χ3v) is 6.55. The van der Waals surface area contributed by atoms with Gasteiger partial charge in [-0.3, -0.25) is 15.0 Å². The Hall–Kier alpha value is -4.24. The predicted molar refractivity (Wildman–Crippen MR) is 132 cm³/mol. The van der Waals surface area contributed by atoms with Gasteiger partial charge in [-0.2, -0.15) is 0 Å². The van der Waals surface area contributed by atoms with E-state index in [4.69, 9.17) is 9.47 Å². The number of rotatable bonds is 3. The molecule has 0 bridgehead atoms. The van der Waals surface area contributed by atoms with Crippen LogP contribution in [0.1, 0.15) is 32.4 Å². The number of ether oxygens (including phenoxy) is 2. The first-order chi connectivity index (χ1) is 17.0. The van der Waals surface area contributed by atoms with Crippen LogP contribution in [0.5, 0.6) is 17.2 Å². The zero-order valence-electron chi connectivity index (χ0n) is 18.1. The Balaban J connectivity index is 1.45. The van der Waals surface area contributed by atoms with Gasteiger partial charge in [0.15, 0.2) is 17.7 Å². The predicted octanol–water partition coefficient (Wildman–Crippen LogP) is 4.95. The standard InChI is InChI=1S/C26H18BrN3O5/c27-16-7-8-19-18(12-16)26(33)30(29-25(32)15-6-10-21-22(11-15)35-13-34-21)24(28-19)23-17-4-2-1-3-14(17)5-9-20(23)31/h1-12,24,28,31H,13H2,(H,29,32)/t24-/m1/s1. The topological polar surface area (TPSA) is 100 Å². The fraction of sp³-hybridized carbons (Fsp3) is 0.0769. The van der Waals surface area contributed by atoms with Crippen LogP contribution in [0.3, 0.4) is 0 Å². The lowest BCUT2D eigenvalue weighted by atomic mass is 9.98. The summed E-state index contributed by atoms with van der Waals surface area (Å²) in [6.07, 6.45) is -0.875. The molecule has 0 unspecified atom stereocenters. The molecule has 1 atom stereocenters. The van der Waals surface area contributed by atoms with Gasteiger partial charge in [0.05, 0.1) is 5.56 Å². The molecule has 0 radical (unpaired) electrons. The number of phenolic OH excluding ortho intramolecular Hbond substituents is 1. The lowest BCUT2D eigenvalue weighted by Gasteiger charge is -2.38. The summed E-state index contributed by atoms with van der Waals surface area (Å²) in [6.45, 7) is 0.0863. The number of amides is 2. The molecule has 9 heteroatoms. The third-order valence-electron chi connectivity index (χ3n) is 6.06. The molecular formula is C26H18BrN3O5. The summed E-state index contributed by atoms with van der Waals surface area (Å²) >= 11 is 3.41. The van der Waals surface area contributed by atoms with E-state index in [1.54, 1.807) is 42.5 Å². The number of nitrogens with one attached hydrogen (secondary N) is 2. The first-order valence-corrected chi connectivity index (χ1v) is 11.6. The maximum absolute atomic E-state index is 13.7. The smallest absolute Gasteiger partial charge is 0.276 e. The second-order valence-corrected chi connectivity index (χ2v) is 9.06. The van der Waals surface area contributed by atoms with E-state index in [9.17, 15) is 14.7 Å². The highest BCUT2D eigenvalue weighted by atomic mass is 79.9. The molecule has 4 aromatic rings. The van der Waals surface area contributed by atoms with Gasteiger partial charge >= 0.3 is 0 Å². The van der Waals surface area contributed by atoms with Crippen LogP contribution in [0.25, 0.3) is 10.8 Å². The van der Waals surface area contributed by atoms with Crippen molar-refractivity contribution in [1.29, 1.82) is 0 Å². The monoisotopic (exact) mass is 531 g/mol. The van der Waals surface area contributed by atoms with Crippen molar-refractivity contribution >= 4 is 44.2 Å². The molecule has 0 aliphatic carbocycles. The summed E-state index contributed by atoms with van der Waals surface area (Å²) in [4.78, 5) is 26.9. The minimum atomic E-state index is -0.875. The van der Waals surface area contributed by atoms with Crippen molar-refractivity contribution in [2.24, 2.45) is 0 Å². The van der Waals surface area contributed by atoms with Crippen molar-refractivity contribution in [2.45, 2.75) is 6.17 Å². The van der Waals surface area contributed by atoms with Gasteiger partial charge in [0.25, 0.3) is 11.8 Å². The van der Waals surface area contributed by atoms with Gasteiger partial charge in [-0.15, -0.1) is 0 Å². The summed E-state index contributed by atoms with van der Waals surface area (Å²) in [7, 11) is 0. The van der Waals surface area contributed by atoms with Gasteiger partial charge in [-0.1, -0.05) is 46.3 Å². The highest BCUT2D eigenvalue weighted by Crippen LogP contribution is 2.40. The fourth-order valence-corrected chi connectivity index (χ4v) is 4.74. The van der Waals surface area contributed by atoms with E-state index in [1.807, 2.05) is 30.3 Å². The van der Waals surface area contributed by atoms with Crippen molar-refractivity contribution in [3.63, 3.8) is 0 Å². The summed E-state index contributed by atoms with van der Waals surface area (Å²) in [5.41, 5.74) is 4.46. The zero-order valence-corrected chi connectivity index (χ0v) is 19.7. The van der Waals surface area contributed by atoms with Crippen molar-refractivity contribution in [3.05, 3.63) is 94.0 Å². The Morgan fingerprint density at radius 3 is 2.74 bits per heavy atom. The number of carbonyl (C=O) groups is 2. The molecule has 2 aliphatic rings. The summed E-state index contributed by atoms with van der Waals surface area (Å²) < 4.78 is 11.4. The van der Waals surface area contributed by atoms with Crippen molar-refractivity contribution in [1.82, 2.24) is 10.4 Å². The molecular weight excluding hydrogens is 514 g/mol. The summed E-state index contributed by atoms with van der Waals surface area (Å²) in [6, 6.07) is 21.0. The average molecular weight is 532 g/mol. The molecule has 3 N–H and O–H groups in total. The Bertz CT molecular complexity index is 1520. The minimum Gasteiger partial charge on any atom is -0.507 e. The van der Waals surface area contributed by atoms with Crippen molar-refractivity contribution < 1.29 is 24.2 Å². The molecule has 174 valence electrons. The van der Waals surface area contributed by atoms with Crippen LogP contribution in [0, 0.1) is 0 Å². The Morgan fingerprint density at radius 1 is 1.03 bits per heavy atom. The Morgan fingerprint density at radius 2 is 1.86 bits per heavy atom. The number of benzene rings is 4.